The lowest BCUT2D eigenvalue weighted by Crippen LogP contribution is -2.56. The highest BCUT2D eigenvalue weighted by Crippen LogP contribution is 2.42. The fourth-order valence-corrected chi connectivity index (χ4v) is 4.37. The molecule has 2 bridgehead atoms. The van der Waals surface area contributed by atoms with E-state index in [0.29, 0.717) is 30.6 Å². The number of fused-ring (bicyclic) bond motifs is 2. The second-order valence-corrected chi connectivity index (χ2v) is 6.97. The number of amides is 1. The van der Waals surface area contributed by atoms with Crippen LogP contribution in [0, 0.1) is 5.92 Å². The molecule has 1 amide bonds. The van der Waals surface area contributed by atoms with E-state index in [-0.39, 0.29) is 11.9 Å². The fourth-order valence-electron chi connectivity index (χ4n) is 4.37. The van der Waals surface area contributed by atoms with Crippen molar-refractivity contribution in [1.82, 2.24) is 15.2 Å². The van der Waals surface area contributed by atoms with Crippen LogP contribution < -0.4 is 11.1 Å². The number of nitrogens with two attached hydrogens (primary N) is 1. The second-order valence-electron chi connectivity index (χ2n) is 6.97. The molecule has 1 aromatic rings. The largest absolute Gasteiger partial charge is 0.351 e. The van der Waals surface area contributed by atoms with Gasteiger partial charge in [0.25, 0.3) is 5.91 Å². The molecular weight excluding hydrogens is 302 g/mol. The topological polar surface area (TPSA) is 74.0 Å². The maximum absolute atomic E-state index is 12.0. The van der Waals surface area contributed by atoms with Crippen LogP contribution in [0.25, 0.3) is 0 Å². The zero-order valence-corrected chi connectivity index (χ0v) is 14.1. The number of nitrogens with zero attached hydrogens (tertiary/aromatic N) is 3. The lowest BCUT2D eigenvalue weighted by molar-refractivity contribution is 0.0954. The second kappa shape index (κ2) is 6.18. The molecule has 4 heterocycles. The number of carbonyl (C=O) groups excluding carboxylic acids is 1. The predicted molar refractivity (Wildman–Crippen MR) is 93.9 cm³/mol. The molecule has 5 rings (SSSR count). The number of rotatable bonds is 4. The van der Waals surface area contributed by atoms with Gasteiger partial charge in [-0.2, -0.15) is 5.10 Å². The van der Waals surface area contributed by atoms with E-state index in [4.69, 9.17) is 10.8 Å². The minimum Gasteiger partial charge on any atom is -0.351 e. The van der Waals surface area contributed by atoms with Crippen molar-refractivity contribution in [2.75, 3.05) is 33.2 Å². The molecule has 4 aliphatic heterocycles. The number of hydrogen-bond acceptors (Lipinski definition) is 5. The lowest BCUT2D eigenvalue weighted by Gasteiger charge is -2.46. The first-order chi connectivity index (χ1) is 11.7. The van der Waals surface area contributed by atoms with Crippen LogP contribution in [0.2, 0.25) is 0 Å². The third kappa shape index (κ3) is 2.50. The van der Waals surface area contributed by atoms with Crippen molar-refractivity contribution in [3.8, 4) is 0 Å². The van der Waals surface area contributed by atoms with Gasteiger partial charge in [0.05, 0.1) is 17.8 Å². The third-order valence-corrected chi connectivity index (χ3v) is 5.56. The summed E-state index contributed by atoms with van der Waals surface area (Å²) in [6, 6.07) is 8.61. The molecule has 4 aliphatic rings. The average Bonchev–Trinajstić information content (AvgIpc) is 2.99. The van der Waals surface area contributed by atoms with Gasteiger partial charge in [0.1, 0.15) is 0 Å². The first-order valence-electron chi connectivity index (χ1n) is 8.82. The molecule has 0 spiro atoms. The highest BCUT2D eigenvalue weighted by molar-refractivity contribution is 5.95. The van der Waals surface area contributed by atoms with Crippen molar-refractivity contribution in [3.05, 3.63) is 35.4 Å². The molecule has 3 saturated heterocycles. The van der Waals surface area contributed by atoms with Crippen LogP contribution in [0.15, 0.2) is 29.4 Å². The molecule has 2 atom stereocenters. The van der Waals surface area contributed by atoms with E-state index in [9.17, 15) is 4.79 Å². The Morgan fingerprint density at radius 1 is 1.25 bits per heavy atom. The number of nitrogens with one attached hydrogen (secondary N) is 1. The molecule has 0 aromatic heterocycles. The Morgan fingerprint density at radius 3 is 2.62 bits per heavy atom. The summed E-state index contributed by atoms with van der Waals surface area (Å²) < 4.78 is 0. The standard InChI is InChI=1S/C18H25N5O/c1-22-16(17-15(21-22)12-6-10-23(17)11-7-12)13-2-4-14(5-3-13)18(24)20-9-8-19/h2-5,12,16-17H,6-11,19H2,1H3,(H,20,24). The van der Waals surface area contributed by atoms with E-state index in [1.54, 1.807) is 0 Å². The van der Waals surface area contributed by atoms with Gasteiger partial charge in [0, 0.05) is 31.6 Å². The maximum Gasteiger partial charge on any atom is 0.251 e. The van der Waals surface area contributed by atoms with Crippen LogP contribution >= 0.6 is 0 Å². The first kappa shape index (κ1) is 15.6. The zero-order chi connectivity index (χ0) is 16.7. The summed E-state index contributed by atoms with van der Waals surface area (Å²) in [5.74, 6) is 0.595. The van der Waals surface area contributed by atoms with E-state index in [1.807, 2.05) is 12.1 Å². The summed E-state index contributed by atoms with van der Waals surface area (Å²) in [4.78, 5) is 14.6. The molecule has 0 aliphatic carbocycles. The van der Waals surface area contributed by atoms with Crippen LogP contribution in [-0.2, 0) is 0 Å². The maximum atomic E-state index is 12.0. The quantitative estimate of drug-likeness (QED) is 0.858. The number of hydrogen-bond donors (Lipinski definition) is 2. The van der Waals surface area contributed by atoms with Gasteiger partial charge in [0.2, 0.25) is 0 Å². The van der Waals surface area contributed by atoms with E-state index < -0.39 is 0 Å². The number of hydrazone groups is 1. The Kier molecular flexibility index (Phi) is 4.02. The van der Waals surface area contributed by atoms with E-state index in [0.717, 1.165) is 0 Å². The normalized spacial score (nSPS) is 30.9. The van der Waals surface area contributed by atoms with E-state index in [1.165, 1.54) is 37.2 Å². The van der Waals surface area contributed by atoms with Crippen LogP contribution in [0.1, 0.15) is 34.8 Å². The molecule has 0 radical (unpaired) electrons. The Hall–Kier alpha value is -1.92. The molecule has 3 N–H and O–H groups in total. The Morgan fingerprint density at radius 2 is 1.96 bits per heavy atom. The van der Waals surface area contributed by atoms with Gasteiger partial charge in [-0.25, -0.2) is 0 Å². The molecule has 6 nitrogen and oxygen atoms in total. The van der Waals surface area contributed by atoms with Crippen LogP contribution in [0.5, 0.6) is 0 Å². The number of benzene rings is 1. The summed E-state index contributed by atoms with van der Waals surface area (Å²) in [5.41, 5.74) is 8.70. The molecule has 6 heteroatoms. The fraction of sp³-hybridized carbons (Fsp3) is 0.556. The van der Waals surface area contributed by atoms with Crippen molar-refractivity contribution in [2.45, 2.75) is 24.9 Å². The average molecular weight is 327 g/mol. The molecule has 0 saturated carbocycles. The highest BCUT2D eigenvalue weighted by atomic mass is 16.1. The lowest BCUT2D eigenvalue weighted by atomic mass is 9.78. The predicted octanol–water partition coefficient (Wildman–Crippen LogP) is 0.812. The highest BCUT2D eigenvalue weighted by Gasteiger charge is 2.48. The van der Waals surface area contributed by atoms with Gasteiger partial charge in [-0.15, -0.1) is 0 Å². The monoisotopic (exact) mass is 327 g/mol. The van der Waals surface area contributed by atoms with Gasteiger partial charge in [-0.05, 0) is 43.6 Å². The summed E-state index contributed by atoms with van der Waals surface area (Å²) in [7, 11) is 2.07. The van der Waals surface area contributed by atoms with E-state index in [2.05, 4.69) is 34.4 Å². The van der Waals surface area contributed by atoms with Gasteiger partial charge in [-0.1, -0.05) is 12.1 Å². The molecule has 24 heavy (non-hydrogen) atoms. The summed E-state index contributed by atoms with van der Waals surface area (Å²) in [5, 5.41) is 9.78. The van der Waals surface area contributed by atoms with Crippen LogP contribution in [-0.4, -0.2) is 60.8 Å². The smallest absolute Gasteiger partial charge is 0.251 e. The van der Waals surface area contributed by atoms with Crippen molar-refractivity contribution in [3.63, 3.8) is 0 Å². The van der Waals surface area contributed by atoms with Crippen molar-refractivity contribution in [2.24, 2.45) is 16.8 Å². The molecule has 128 valence electrons. The van der Waals surface area contributed by atoms with Gasteiger partial charge in [-0.3, -0.25) is 14.7 Å². The Bertz CT molecular complexity index is 648. The van der Waals surface area contributed by atoms with Crippen LogP contribution in [0.4, 0.5) is 0 Å². The summed E-state index contributed by atoms with van der Waals surface area (Å²) in [6.07, 6.45) is 2.49. The Labute approximate surface area is 142 Å². The number of likely N-dealkylation sites (N-methyl/N-ethyl adjacent to an activating group) is 1. The summed E-state index contributed by atoms with van der Waals surface area (Å²) >= 11 is 0. The zero-order valence-electron chi connectivity index (χ0n) is 14.1. The van der Waals surface area contributed by atoms with Gasteiger partial charge >= 0.3 is 0 Å². The molecule has 3 fully saturated rings. The van der Waals surface area contributed by atoms with Crippen molar-refractivity contribution < 1.29 is 4.79 Å². The first-order valence-corrected chi connectivity index (χ1v) is 8.82. The molecule has 1 aromatic carbocycles. The van der Waals surface area contributed by atoms with Gasteiger partial charge < -0.3 is 11.1 Å². The molecule has 2 unspecified atom stereocenters. The SMILES string of the molecule is CN1N=C2C3CCN(CC3)C2C1c1ccc(C(=O)NCCN)cc1. The summed E-state index contributed by atoms with van der Waals surface area (Å²) in [6.45, 7) is 3.31. The van der Waals surface area contributed by atoms with Crippen molar-refractivity contribution in [1.29, 1.82) is 0 Å². The number of piperidine rings is 3. The number of carbonyl (C=O) groups is 1. The van der Waals surface area contributed by atoms with Gasteiger partial charge in [0.15, 0.2) is 0 Å². The molecular formula is C18H25N5O. The van der Waals surface area contributed by atoms with E-state index >= 15 is 0 Å². The third-order valence-electron chi connectivity index (χ3n) is 5.56. The minimum absolute atomic E-state index is 0.0656. The minimum atomic E-state index is -0.0656. The van der Waals surface area contributed by atoms with Crippen LogP contribution in [0.3, 0.4) is 0 Å². The Balaban J connectivity index is 1.55. The van der Waals surface area contributed by atoms with Crippen molar-refractivity contribution >= 4 is 11.6 Å².